The molecule has 0 N–H and O–H groups in total. The van der Waals surface area contributed by atoms with Crippen molar-refractivity contribution in [2.45, 2.75) is 39.2 Å². The topological polar surface area (TPSA) is 37.6 Å². The Kier molecular flexibility index (Phi) is 3.78. The quantitative estimate of drug-likeness (QED) is 0.808. The lowest BCUT2D eigenvalue weighted by Gasteiger charge is -2.23. The van der Waals surface area contributed by atoms with Crippen LogP contribution in [0.15, 0.2) is 36.7 Å². The van der Waals surface area contributed by atoms with Crippen LogP contribution in [0.2, 0.25) is 0 Å². The first-order valence-electron chi connectivity index (χ1n) is 7.62. The summed E-state index contributed by atoms with van der Waals surface area (Å²) in [5.74, 6) is 0.0301. The normalized spacial score (nSPS) is 17.8. The Morgan fingerprint density at radius 2 is 2.24 bits per heavy atom. The first-order valence-corrected chi connectivity index (χ1v) is 7.62. The highest BCUT2D eigenvalue weighted by Gasteiger charge is 2.26. The van der Waals surface area contributed by atoms with E-state index in [-0.39, 0.29) is 11.9 Å². The second kappa shape index (κ2) is 5.72. The summed E-state index contributed by atoms with van der Waals surface area (Å²) in [6, 6.07) is 4.19. The predicted molar refractivity (Wildman–Crippen MR) is 83.4 cm³/mol. The van der Waals surface area contributed by atoms with E-state index in [4.69, 9.17) is 0 Å². The number of unbranched alkanes of at least 4 members (excludes halogenated alkanes) is 1. The van der Waals surface area contributed by atoms with Gasteiger partial charge < -0.3 is 9.30 Å². The molecule has 21 heavy (non-hydrogen) atoms. The van der Waals surface area contributed by atoms with Gasteiger partial charge in [0.2, 0.25) is 0 Å². The average molecular weight is 283 g/mol. The summed E-state index contributed by atoms with van der Waals surface area (Å²) in [4.78, 5) is 19.1. The maximum Gasteiger partial charge on any atom is 0.274 e. The van der Waals surface area contributed by atoms with Gasteiger partial charge in [-0.05, 0) is 25.0 Å². The third-order valence-corrected chi connectivity index (χ3v) is 3.99. The van der Waals surface area contributed by atoms with Gasteiger partial charge in [0.05, 0.1) is 6.04 Å². The van der Waals surface area contributed by atoms with Crippen LogP contribution in [0.1, 0.15) is 42.2 Å². The van der Waals surface area contributed by atoms with Crippen LogP contribution in [-0.2, 0) is 0 Å². The van der Waals surface area contributed by atoms with Gasteiger partial charge in [0.25, 0.3) is 5.91 Å². The van der Waals surface area contributed by atoms with Gasteiger partial charge in [-0.2, -0.15) is 0 Å². The molecule has 0 saturated carbocycles. The molecule has 110 valence electrons. The Morgan fingerprint density at radius 3 is 3.05 bits per heavy atom. The summed E-state index contributed by atoms with van der Waals surface area (Å²) >= 11 is 0. The van der Waals surface area contributed by atoms with Gasteiger partial charge in [0.1, 0.15) is 11.3 Å². The van der Waals surface area contributed by atoms with E-state index in [1.54, 1.807) is 0 Å². The fourth-order valence-electron chi connectivity index (χ4n) is 2.82. The molecule has 3 rings (SSSR count). The number of aryl methyl sites for hydroxylation is 1. The smallest absolute Gasteiger partial charge is 0.274 e. The van der Waals surface area contributed by atoms with E-state index in [9.17, 15) is 4.79 Å². The molecule has 0 radical (unpaired) electrons. The highest BCUT2D eigenvalue weighted by molar-refractivity contribution is 5.93. The Hall–Kier alpha value is -2.10. The molecule has 1 amide bonds. The van der Waals surface area contributed by atoms with Crippen LogP contribution in [0.5, 0.6) is 0 Å². The number of aromatic nitrogens is 2. The molecule has 1 aliphatic rings. The number of carbonyl (C=O) groups is 1. The van der Waals surface area contributed by atoms with Gasteiger partial charge in [-0.15, -0.1) is 0 Å². The molecule has 2 aromatic rings. The SMILES string of the molecule is CCCC[C@@H]1C=CCN1C(=O)c1cn2cc(C)ccc2n1. The maximum atomic E-state index is 12.7. The second-order valence-electron chi connectivity index (χ2n) is 5.69. The van der Waals surface area contributed by atoms with E-state index in [1.165, 1.54) is 0 Å². The van der Waals surface area contributed by atoms with Crippen molar-refractivity contribution in [3.63, 3.8) is 0 Å². The minimum Gasteiger partial charge on any atom is -0.327 e. The van der Waals surface area contributed by atoms with E-state index in [0.717, 1.165) is 30.5 Å². The molecular weight excluding hydrogens is 262 g/mol. The lowest BCUT2D eigenvalue weighted by atomic mass is 10.1. The lowest BCUT2D eigenvalue weighted by Crippen LogP contribution is -2.36. The van der Waals surface area contributed by atoms with E-state index in [0.29, 0.717) is 12.2 Å². The van der Waals surface area contributed by atoms with Crippen molar-refractivity contribution in [2.75, 3.05) is 6.54 Å². The molecule has 2 aromatic heterocycles. The van der Waals surface area contributed by atoms with Crippen molar-refractivity contribution >= 4 is 11.6 Å². The molecule has 0 bridgehead atoms. The van der Waals surface area contributed by atoms with Gasteiger partial charge >= 0.3 is 0 Å². The number of amides is 1. The fourth-order valence-corrected chi connectivity index (χ4v) is 2.82. The van der Waals surface area contributed by atoms with Crippen LogP contribution in [-0.4, -0.2) is 32.8 Å². The monoisotopic (exact) mass is 283 g/mol. The number of pyridine rings is 1. The summed E-state index contributed by atoms with van der Waals surface area (Å²) in [5.41, 5.74) is 2.51. The molecule has 0 spiro atoms. The Balaban J connectivity index is 1.83. The van der Waals surface area contributed by atoms with Crippen molar-refractivity contribution in [1.29, 1.82) is 0 Å². The lowest BCUT2D eigenvalue weighted by molar-refractivity contribution is 0.0738. The highest BCUT2D eigenvalue weighted by atomic mass is 16.2. The van der Waals surface area contributed by atoms with Gasteiger partial charge in [-0.3, -0.25) is 4.79 Å². The van der Waals surface area contributed by atoms with Crippen LogP contribution in [0.3, 0.4) is 0 Å². The molecule has 0 aliphatic carbocycles. The van der Waals surface area contributed by atoms with E-state index < -0.39 is 0 Å². The molecule has 0 aromatic carbocycles. The number of fused-ring (bicyclic) bond motifs is 1. The Morgan fingerprint density at radius 1 is 1.38 bits per heavy atom. The number of hydrogen-bond acceptors (Lipinski definition) is 2. The number of carbonyl (C=O) groups excluding carboxylic acids is 1. The van der Waals surface area contributed by atoms with Crippen LogP contribution in [0.4, 0.5) is 0 Å². The molecular formula is C17H21N3O. The number of rotatable bonds is 4. The molecule has 3 heterocycles. The molecule has 0 fully saturated rings. The number of hydrogen-bond donors (Lipinski definition) is 0. The molecule has 0 saturated heterocycles. The zero-order chi connectivity index (χ0) is 14.8. The summed E-state index contributed by atoms with van der Waals surface area (Å²) in [5, 5.41) is 0. The standard InChI is InChI=1S/C17H21N3O/c1-3-4-6-14-7-5-10-20(14)17(21)15-12-19-11-13(2)8-9-16(19)18-15/h5,7-9,11-12,14H,3-4,6,10H2,1-2H3/t14-/m1/s1. The van der Waals surface area contributed by atoms with Crippen LogP contribution < -0.4 is 0 Å². The van der Waals surface area contributed by atoms with Gasteiger partial charge in [0.15, 0.2) is 0 Å². The van der Waals surface area contributed by atoms with Crippen molar-refractivity contribution in [3.8, 4) is 0 Å². The minimum absolute atomic E-state index is 0.0301. The maximum absolute atomic E-state index is 12.7. The number of nitrogens with zero attached hydrogens (tertiary/aromatic N) is 3. The average Bonchev–Trinajstić information content (AvgIpc) is 3.10. The van der Waals surface area contributed by atoms with Crippen molar-refractivity contribution in [2.24, 2.45) is 0 Å². The summed E-state index contributed by atoms with van der Waals surface area (Å²) in [7, 11) is 0. The summed E-state index contributed by atoms with van der Waals surface area (Å²) in [6.07, 6.45) is 11.4. The zero-order valence-electron chi connectivity index (χ0n) is 12.6. The molecule has 4 heteroatoms. The Bertz CT molecular complexity index is 686. The van der Waals surface area contributed by atoms with Crippen molar-refractivity contribution < 1.29 is 4.79 Å². The van der Waals surface area contributed by atoms with Gasteiger partial charge in [-0.1, -0.05) is 38.0 Å². The van der Waals surface area contributed by atoms with Crippen LogP contribution >= 0.6 is 0 Å². The van der Waals surface area contributed by atoms with Crippen LogP contribution in [0, 0.1) is 6.92 Å². The first kappa shape index (κ1) is 13.9. The van der Waals surface area contributed by atoms with E-state index >= 15 is 0 Å². The summed E-state index contributed by atoms with van der Waals surface area (Å²) in [6.45, 7) is 4.90. The molecule has 4 nitrogen and oxygen atoms in total. The van der Waals surface area contributed by atoms with Gasteiger partial charge in [0, 0.05) is 18.9 Å². The third-order valence-electron chi connectivity index (χ3n) is 3.99. The third kappa shape index (κ3) is 2.71. The Labute approximate surface area is 125 Å². The van der Waals surface area contributed by atoms with E-state index in [2.05, 4.69) is 24.1 Å². The zero-order valence-corrected chi connectivity index (χ0v) is 12.6. The number of imidazole rings is 1. The van der Waals surface area contributed by atoms with Crippen molar-refractivity contribution in [1.82, 2.24) is 14.3 Å². The predicted octanol–water partition coefficient (Wildman–Crippen LogP) is 3.21. The molecule has 0 unspecified atom stereocenters. The van der Waals surface area contributed by atoms with Crippen molar-refractivity contribution in [3.05, 3.63) is 47.9 Å². The van der Waals surface area contributed by atoms with Crippen LogP contribution in [0.25, 0.3) is 5.65 Å². The fraction of sp³-hybridized carbons (Fsp3) is 0.412. The van der Waals surface area contributed by atoms with E-state index in [1.807, 2.05) is 40.8 Å². The molecule has 1 aliphatic heterocycles. The minimum atomic E-state index is 0.0301. The first-order chi connectivity index (χ1) is 10.2. The largest absolute Gasteiger partial charge is 0.327 e. The summed E-state index contributed by atoms with van der Waals surface area (Å²) < 4.78 is 1.92. The van der Waals surface area contributed by atoms with Gasteiger partial charge in [-0.25, -0.2) is 4.98 Å². The molecule has 1 atom stereocenters. The highest BCUT2D eigenvalue weighted by Crippen LogP contribution is 2.19. The second-order valence-corrected chi connectivity index (χ2v) is 5.69.